The SMILES string of the molecule is c1ccc(-c2cccc(-c3nc(-c4ccc(-n5c6ccccc6c6ccccc65)cc4)nc(-c4cccc(-c5ccc6ccc(-c7cccc(-c8cccc(-c9nc(-c%10cccc(-c%11ccc%12ccccc%12c%11)c%10)nc(-c%10cccc(-n%11c%12ccccc%12c%12ccccc%12%11)c%10)n9)c8)c7)cc6c5)c4)n3)c2)cc1. The first-order valence-corrected chi connectivity index (χ1v) is 35.8. The summed E-state index contributed by atoms with van der Waals surface area (Å²) in [5.74, 6) is 3.53. The number of benzene rings is 16. The Morgan fingerprint density at radius 2 is 0.406 bits per heavy atom. The Morgan fingerprint density at radius 3 is 0.821 bits per heavy atom. The topological polar surface area (TPSA) is 87.2 Å². The van der Waals surface area contributed by atoms with E-state index >= 15 is 0 Å². The molecule has 0 saturated heterocycles. The van der Waals surface area contributed by atoms with Gasteiger partial charge in [-0.3, -0.25) is 0 Å². The third-order valence-electron chi connectivity index (χ3n) is 20.6. The van der Waals surface area contributed by atoms with Gasteiger partial charge in [-0.1, -0.05) is 267 Å². The summed E-state index contributed by atoms with van der Waals surface area (Å²) >= 11 is 0. The van der Waals surface area contributed by atoms with Crippen molar-refractivity contribution in [3.8, 4) is 135 Å². The molecular formula is C98H62N8. The van der Waals surface area contributed by atoms with E-state index in [1.807, 2.05) is 6.07 Å². The van der Waals surface area contributed by atoms with Gasteiger partial charge in [0.05, 0.1) is 22.1 Å². The van der Waals surface area contributed by atoms with Gasteiger partial charge in [-0.15, -0.1) is 0 Å². The molecule has 0 bridgehead atoms. The van der Waals surface area contributed by atoms with Crippen molar-refractivity contribution in [3.05, 3.63) is 376 Å². The minimum absolute atomic E-state index is 0.581. The Bertz CT molecular complexity index is 6740. The molecule has 8 heteroatoms. The average Bonchev–Trinajstić information content (AvgIpc) is 1.60. The largest absolute Gasteiger partial charge is 0.309 e. The van der Waals surface area contributed by atoms with E-state index in [1.165, 1.54) is 32.3 Å². The van der Waals surface area contributed by atoms with Crippen LogP contribution in [0.25, 0.3) is 200 Å². The Hall–Kier alpha value is -14.3. The highest BCUT2D eigenvalue weighted by Crippen LogP contribution is 2.40. The van der Waals surface area contributed by atoms with E-state index in [0.717, 1.165) is 133 Å². The van der Waals surface area contributed by atoms with E-state index < -0.39 is 0 Å². The van der Waals surface area contributed by atoms with Gasteiger partial charge in [-0.2, -0.15) is 0 Å². The van der Waals surface area contributed by atoms with Crippen LogP contribution in [-0.4, -0.2) is 39.0 Å². The molecule has 0 saturated carbocycles. The van der Waals surface area contributed by atoms with E-state index in [-0.39, 0.29) is 0 Å². The van der Waals surface area contributed by atoms with E-state index in [1.54, 1.807) is 0 Å². The molecule has 0 unspecified atom stereocenters. The van der Waals surface area contributed by atoms with Crippen LogP contribution in [0.4, 0.5) is 0 Å². The predicted octanol–water partition coefficient (Wildman–Crippen LogP) is 24.9. The number of rotatable bonds is 13. The van der Waals surface area contributed by atoms with Crippen molar-refractivity contribution in [1.82, 2.24) is 39.0 Å². The highest BCUT2D eigenvalue weighted by Gasteiger charge is 2.20. The maximum Gasteiger partial charge on any atom is 0.164 e. The lowest BCUT2D eigenvalue weighted by Crippen LogP contribution is -2.01. The molecule has 0 atom stereocenters. The summed E-state index contributed by atoms with van der Waals surface area (Å²) in [4.78, 5) is 31.8. The fourth-order valence-electron chi connectivity index (χ4n) is 15.3. The Labute approximate surface area is 611 Å². The summed E-state index contributed by atoms with van der Waals surface area (Å²) in [7, 11) is 0. The first-order chi connectivity index (χ1) is 52.5. The van der Waals surface area contributed by atoms with Gasteiger partial charge in [-0.05, 0) is 186 Å². The number of hydrogen-bond donors (Lipinski definition) is 0. The molecule has 20 rings (SSSR count). The van der Waals surface area contributed by atoms with Gasteiger partial charge >= 0.3 is 0 Å². The van der Waals surface area contributed by atoms with Crippen LogP contribution in [0.5, 0.6) is 0 Å². The van der Waals surface area contributed by atoms with Gasteiger partial charge in [0, 0.05) is 66.3 Å². The minimum Gasteiger partial charge on any atom is -0.309 e. The average molecular weight is 1350 g/mol. The Kier molecular flexibility index (Phi) is 15.0. The summed E-state index contributed by atoms with van der Waals surface area (Å²) in [5.41, 5.74) is 22.9. The molecule has 4 aromatic heterocycles. The summed E-state index contributed by atoms with van der Waals surface area (Å²) in [6, 6.07) is 134. The second-order valence-corrected chi connectivity index (χ2v) is 27.1. The van der Waals surface area contributed by atoms with Crippen molar-refractivity contribution in [3.63, 3.8) is 0 Å². The molecule has 0 N–H and O–H groups in total. The summed E-state index contributed by atoms with van der Waals surface area (Å²) < 4.78 is 4.67. The lowest BCUT2D eigenvalue weighted by Gasteiger charge is -2.13. The van der Waals surface area contributed by atoms with Gasteiger partial charge < -0.3 is 9.13 Å². The van der Waals surface area contributed by atoms with Crippen LogP contribution in [0.2, 0.25) is 0 Å². The monoisotopic (exact) mass is 1350 g/mol. The molecule has 16 aromatic carbocycles. The smallest absolute Gasteiger partial charge is 0.164 e. The minimum atomic E-state index is 0.581. The van der Waals surface area contributed by atoms with Crippen LogP contribution in [0.15, 0.2) is 376 Å². The number of aromatic nitrogens is 8. The van der Waals surface area contributed by atoms with Crippen molar-refractivity contribution in [2.75, 3.05) is 0 Å². The van der Waals surface area contributed by atoms with E-state index in [2.05, 4.69) is 379 Å². The number of hydrogen-bond acceptors (Lipinski definition) is 6. The summed E-state index contributed by atoms with van der Waals surface area (Å²) in [6.45, 7) is 0. The number of fused-ring (bicyclic) bond motifs is 8. The van der Waals surface area contributed by atoms with Crippen LogP contribution in [0.3, 0.4) is 0 Å². The molecule has 8 nitrogen and oxygen atoms in total. The van der Waals surface area contributed by atoms with Crippen LogP contribution in [-0.2, 0) is 0 Å². The molecule has 0 radical (unpaired) electrons. The fraction of sp³-hybridized carbons (Fsp3) is 0. The van der Waals surface area contributed by atoms with Gasteiger partial charge in [-0.25, -0.2) is 29.9 Å². The zero-order chi connectivity index (χ0) is 70.0. The molecule has 20 aromatic rings. The first-order valence-electron chi connectivity index (χ1n) is 35.8. The maximum atomic E-state index is 5.36. The molecule has 106 heavy (non-hydrogen) atoms. The molecule has 494 valence electrons. The molecular weight excluding hydrogens is 1290 g/mol. The van der Waals surface area contributed by atoms with Gasteiger partial charge in [0.15, 0.2) is 34.9 Å². The Morgan fingerprint density at radius 1 is 0.142 bits per heavy atom. The second-order valence-electron chi connectivity index (χ2n) is 27.1. The molecule has 0 aliphatic carbocycles. The molecule has 4 heterocycles. The second kappa shape index (κ2) is 25.9. The standard InChI is InChI=1S/C98H62N8/c1-2-20-63(21-3-1)68-24-15-30-77(56-68)94-99-93(66-50-52-83(53-51-66)105-89-40-10-6-36-85(89)86-37-7-11-41-90(86)105)100-95(101-94)79-32-18-29-73(59-79)76-49-46-65-45-48-75(60-82(65)61-76)70-26-14-25-69(55-70)71-27-16-31-78(57-71)96-102-97(80-33-17-28-72(58-80)74-47-44-64-22-4-5-23-67(64)54-74)104-98(103-96)81-34-19-35-84(62-81)106-91-42-12-8-38-87(91)88-39-9-13-43-92(88)106/h1-62H. The molecule has 0 fully saturated rings. The van der Waals surface area contributed by atoms with Crippen molar-refractivity contribution in [2.24, 2.45) is 0 Å². The Balaban J connectivity index is 0.632. The first kappa shape index (κ1) is 61.5. The van der Waals surface area contributed by atoms with Crippen LogP contribution in [0.1, 0.15) is 0 Å². The van der Waals surface area contributed by atoms with E-state index in [0.29, 0.717) is 34.9 Å². The van der Waals surface area contributed by atoms with Crippen LogP contribution < -0.4 is 0 Å². The van der Waals surface area contributed by atoms with Gasteiger partial charge in [0.1, 0.15) is 0 Å². The highest BCUT2D eigenvalue weighted by molar-refractivity contribution is 6.10. The normalized spacial score (nSPS) is 11.6. The third-order valence-corrected chi connectivity index (χ3v) is 20.6. The van der Waals surface area contributed by atoms with Crippen molar-refractivity contribution in [1.29, 1.82) is 0 Å². The van der Waals surface area contributed by atoms with Crippen LogP contribution in [0, 0.1) is 0 Å². The van der Waals surface area contributed by atoms with E-state index in [9.17, 15) is 0 Å². The molecule has 0 amide bonds. The number of para-hydroxylation sites is 4. The van der Waals surface area contributed by atoms with Gasteiger partial charge in [0.25, 0.3) is 0 Å². The quantitative estimate of drug-likeness (QED) is 0.114. The zero-order valence-electron chi connectivity index (χ0n) is 57.4. The van der Waals surface area contributed by atoms with Gasteiger partial charge in [0.2, 0.25) is 0 Å². The summed E-state index contributed by atoms with van der Waals surface area (Å²) in [5, 5.41) is 9.52. The third kappa shape index (κ3) is 11.3. The zero-order valence-corrected chi connectivity index (χ0v) is 57.4. The summed E-state index contributed by atoms with van der Waals surface area (Å²) in [6.07, 6.45) is 0. The van der Waals surface area contributed by atoms with Crippen molar-refractivity contribution >= 4 is 65.2 Å². The fourth-order valence-corrected chi connectivity index (χ4v) is 15.3. The highest BCUT2D eigenvalue weighted by atomic mass is 15.1. The van der Waals surface area contributed by atoms with Crippen molar-refractivity contribution < 1.29 is 0 Å². The van der Waals surface area contributed by atoms with E-state index in [4.69, 9.17) is 29.9 Å². The molecule has 0 aliphatic heterocycles. The lowest BCUT2D eigenvalue weighted by molar-refractivity contribution is 1.07. The lowest BCUT2D eigenvalue weighted by atomic mass is 9.95. The van der Waals surface area contributed by atoms with Crippen molar-refractivity contribution in [2.45, 2.75) is 0 Å². The molecule has 0 aliphatic rings. The number of nitrogens with zero attached hydrogens (tertiary/aromatic N) is 8. The molecule has 0 spiro atoms. The van der Waals surface area contributed by atoms with Crippen LogP contribution >= 0.6 is 0 Å². The maximum absolute atomic E-state index is 5.36. The predicted molar refractivity (Wildman–Crippen MR) is 437 cm³/mol.